The summed E-state index contributed by atoms with van der Waals surface area (Å²) >= 11 is 0. The number of aliphatic carboxylic acids is 2. The van der Waals surface area contributed by atoms with Crippen molar-refractivity contribution in [3.05, 3.63) is 84.4 Å². The number of amides is 1. The summed E-state index contributed by atoms with van der Waals surface area (Å²) in [5, 5.41) is 14.8. The Balaban J connectivity index is 0.000000599. The molecule has 0 aromatic heterocycles. The molecule has 1 saturated heterocycles. The molecule has 4 rings (SSSR count). The zero-order chi connectivity index (χ0) is 27.3. The molecule has 1 fully saturated rings. The summed E-state index contributed by atoms with van der Waals surface area (Å²) in [5.41, 5.74) is 1.20. The number of carboxylic acid groups (broad SMARTS) is 2. The number of hydrogen-bond acceptors (Lipinski definition) is 7. The molecule has 1 heterocycles. The summed E-state index contributed by atoms with van der Waals surface area (Å²) in [6.45, 7) is 3.94. The Kier molecular flexibility index (Phi) is 10.5. The Hall–Kier alpha value is -4.57. The van der Waals surface area contributed by atoms with Crippen molar-refractivity contribution in [3.8, 4) is 23.0 Å². The molecule has 1 aliphatic heterocycles. The number of para-hydroxylation sites is 1. The summed E-state index contributed by atoms with van der Waals surface area (Å²) in [5.74, 6) is -0.553. The molecule has 0 radical (unpaired) electrons. The number of carboxylic acids is 2. The van der Waals surface area contributed by atoms with E-state index in [1.807, 2.05) is 59.5 Å². The van der Waals surface area contributed by atoms with Crippen molar-refractivity contribution in [1.82, 2.24) is 9.80 Å². The monoisotopic (exact) mass is 522 g/mol. The highest BCUT2D eigenvalue weighted by molar-refractivity contribution is 6.27. The van der Waals surface area contributed by atoms with Crippen LogP contribution in [0.3, 0.4) is 0 Å². The molecule has 1 amide bonds. The van der Waals surface area contributed by atoms with Gasteiger partial charge in [-0.15, -0.1) is 0 Å². The van der Waals surface area contributed by atoms with Gasteiger partial charge in [0.25, 0.3) is 5.91 Å². The quantitative estimate of drug-likeness (QED) is 0.428. The Labute approximate surface area is 220 Å². The van der Waals surface area contributed by atoms with Gasteiger partial charge in [-0.2, -0.15) is 0 Å². The van der Waals surface area contributed by atoms with Crippen molar-refractivity contribution in [2.75, 3.05) is 39.9 Å². The molecule has 38 heavy (non-hydrogen) atoms. The third kappa shape index (κ3) is 9.14. The van der Waals surface area contributed by atoms with Crippen molar-refractivity contribution in [2.45, 2.75) is 6.54 Å². The van der Waals surface area contributed by atoms with Gasteiger partial charge in [-0.1, -0.05) is 30.3 Å². The third-order valence-corrected chi connectivity index (χ3v) is 5.61. The highest BCUT2D eigenvalue weighted by Crippen LogP contribution is 2.23. The second-order valence-electron chi connectivity index (χ2n) is 8.29. The van der Waals surface area contributed by atoms with Gasteiger partial charge in [-0.3, -0.25) is 9.69 Å². The minimum Gasteiger partial charge on any atom is -0.497 e. The van der Waals surface area contributed by atoms with Gasteiger partial charge in [-0.05, 0) is 54.1 Å². The van der Waals surface area contributed by atoms with Crippen LogP contribution in [0.5, 0.6) is 23.0 Å². The van der Waals surface area contributed by atoms with E-state index in [1.54, 1.807) is 19.2 Å². The smallest absolute Gasteiger partial charge is 0.414 e. The molecular formula is C28H30N2O8. The SMILES string of the molecule is COc1ccc(OCC(=O)N2CCN(Cc3cccc(Oc4ccccc4)c3)CC2)cc1.O=C(O)C(=O)O. The predicted octanol–water partition coefficient (Wildman–Crippen LogP) is 3.37. The number of nitrogens with zero attached hydrogens (tertiary/aromatic N) is 2. The molecule has 3 aromatic rings. The molecule has 1 aliphatic rings. The number of hydrogen-bond donors (Lipinski definition) is 2. The maximum absolute atomic E-state index is 12.5. The molecule has 0 spiro atoms. The van der Waals surface area contributed by atoms with Crippen LogP contribution in [0.15, 0.2) is 78.9 Å². The lowest BCUT2D eigenvalue weighted by molar-refractivity contribution is -0.159. The summed E-state index contributed by atoms with van der Waals surface area (Å²) in [7, 11) is 1.62. The molecule has 10 nitrogen and oxygen atoms in total. The number of ether oxygens (including phenoxy) is 3. The average molecular weight is 523 g/mol. The van der Waals surface area contributed by atoms with Crippen LogP contribution in [0.2, 0.25) is 0 Å². The Morgan fingerprint density at radius 3 is 1.95 bits per heavy atom. The first-order valence-corrected chi connectivity index (χ1v) is 11.9. The van der Waals surface area contributed by atoms with Crippen LogP contribution in [0.4, 0.5) is 0 Å². The molecule has 3 aromatic carbocycles. The van der Waals surface area contributed by atoms with E-state index >= 15 is 0 Å². The summed E-state index contributed by atoms with van der Waals surface area (Å²) in [6, 6.07) is 25.2. The van der Waals surface area contributed by atoms with Gasteiger partial charge >= 0.3 is 11.9 Å². The summed E-state index contributed by atoms with van der Waals surface area (Å²) < 4.78 is 16.7. The molecule has 200 valence electrons. The first-order valence-electron chi connectivity index (χ1n) is 11.9. The Bertz CT molecular complexity index is 1180. The van der Waals surface area contributed by atoms with Crippen LogP contribution in [0.1, 0.15) is 5.56 Å². The molecule has 0 saturated carbocycles. The normalized spacial score (nSPS) is 13.0. The molecule has 0 atom stereocenters. The van der Waals surface area contributed by atoms with Gasteiger partial charge in [0.15, 0.2) is 6.61 Å². The number of rotatable bonds is 8. The number of piperazine rings is 1. The second kappa shape index (κ2) is 14.2. The number of methoxy groups -OCH3 is 1. The minimum absolute atomic E-state index is 0.0127. The molecule has 10 heteroatoms. The van der Waals surface area contributed by atoms with Crippen LogP contribution < -0.4 is 14.2 Å². The van der Waals surface area contributed by atoms with E-state index in [-0.39, 0.29) is 12.5 Å². The fourth-order valence-corrected chi connectivity index (χ4v) is 3.65. The van der Waals surface area contributed by atoms with Crippen molar-refractivity contribution in [2.24, 2.45) is 0 Å². The van der Waals surface area contributed by atoms with Crippen LogP contribution >= 0.6 is 0 Å². The van der Waals surface area contributed by atoms with Crippen molar-refractivity contribution >= 4 is 17.8 Å². The highest BCUT2D eigenvalue weighted by Gasteiger charge is 2.21. The molecule has 0 aliphatic carbocycles. The van der Waals surface area contributed by atoms with E-state index in [4.69, 9.17) is 34.0 Å². The maximum Gasteiger partial charge on any atom is 0.414 e. The van der Waals surface area contributed by atoms with Crippen LogP contribution in [-0.2, 0) is 20.9 Å². The van der Waals surface area contributed by atoms with Crippen molar-refractivity contribution in [1.29, 1.82) is 0 Å². The van der Waals surface area contributed by atoms with E-state index in [1.165, 1.54) is 5.56 Å². The van der Waals surface area contributed by atoms with E-state index in [0.717, 1.165) is 36.9 Å². The summed E-state index contributed by atoms with van der Waals surface area (Å²) in [4.78, 5) is 34.9. The third-order valence-electron chi connectivity index (χ3n) is 5.61. The number of benzene rings is 3. The molecular weight excluding hydrogens is 492 g/mol. The molecule has 0 unspecified atom stereocenters. The lowest BCUT2D eigenvalue weighted by Crippen LogP contribution is -2.49. The van der Waals surface area contributed by atoms with Crippen molar-refractivity contribution < 1.29 is 38.8 Å². The van der Waals surface area contributed by atoms with Gasteiger partial charge in [-0.25, -0.2) is 9.59 Å². The van der Waals surface area contributed by atoms with E-state index in [9.17, 15) is 4.79 Å². The number of carbonyl (C=O) groups excluding carboxylic acids is 1. The van der Waals surface area contributed by atoms with Gasteiger partial charge in [0, 0.05) is 32.7 Å². The molecule has 2 N–H and O–H groups in total. The predicted molar refractivity (Wildman–Crippen MR) is 139 cm³/mol. The lowest BCUT2D eigenvalue weighted by Gasteiger charge is -2.34. The van der Waals surface area contributed by atoms with Gasteiger partial charge in [0.1, 0.15) is 23.0 Å². The topological polar surface area (TPSA) is 126 Å². The fraction of sp³-hybridized carbons (Fsp3) is 0.250. The average Bonchev–Trinajstić information content (AvgIpc) is 2.93. The standard InChI is InChI=1S/C26H28N2O4.C2H2O4/c1-30-22-10-12-23(13-11-22)31-20-26(29)28-16-14-27(15-17-28)19-21-6-5-9-25(18-21)32-24-7-3-2-4-8-24;3-1(4)2(5)6/h2-13,18H,14-17,19-20H2,1H3;(H,3,4)(H,5,6). The van der Waals surface area contributed by atoms with Gasteiger partial charge in [0.05, 0.1) is 7.11 Å². The van der Waals surface area contributed by atoms with Gasteiger partial charge < -0.3 is 29.3 Å². The number of carbonyl (C=O) groups is 3. The largest absolute Gasteiger partial charge is 0.497 e. The van der Waals surface area contributed by atoms with E-state index in [0.29, 0.717) is 18.8 Å². The Morgan fingerprint density at radius 1 is 0.737 bits per heavy atom. The zero-order valence-corrected chi connectivity index (χ0v) is 21.0. The van der Waals surface area contributed by atoms with Crippen LogP contribution in [0, 0.1) is 0 Å². The zero-order valence-electron chi connectivity index (χ0n) is 21.0. The fourth-order valence-electron chi connectivity index (χ4n) is 3.65. The Morgan fingerprint density at radius 2 is 1.34 bits per heavy atom. The minimum atomic E-state index is -1.82. The lowest BCUT2D eigenvalue weighted by atomic mass is 10.2. The first-order chi connectivity index (χ1) is 18.3. The van der Waals surface area contributed by atoms with Crippen LogP contribution in [0.25, 0.3) is 0 Å². The van der Waals surface area contributed by atoms with Crippen LogP contribution in [-0.4, -0.2) is 77.8 Å². The van der Waals surface area contributed by atoms with E-state index in [2.05, 4.69) is 17.0 Å². The second-order valence-corrected chi connectivity index (χ2v) is 8.29. The van der Waals surface area contributed by atoms with E-state index < -0.39 is 11.9 Å². The first kappa shape index (κ1) is 28.0. The molecule has 0 bridgehead atoms. The maximum atomic E-state index is 12.5. The highest BCUT2D eigenvalue weighted by atomic mass is 16.5. The van der Waals surface area contributed by atoms with Crippen molar-refractivity contribution in [3.63, 3.8) is 0 Å². The summed E-state index contributed by atoms with van der Waals surface area (Å²) in [6.07, 6.45) is 0. The van der Waals surface area contributed by atoms with Gasteiger partial charge in [0.2, 0.25) is 0 Å².